The molecule has 66 valence electrons. The summed E-state index contributed by atoms with van der Waals surface area (Å²) in [5.74, 6) is 0. The van der Waals surface area contributed by atoms with Crippen molar-refractivity contribution < 1.29 is 8.78 Å². The number of pyridine rings is 1. The van der Waals surface area contributed by atoms with Crippen molar-refractivity contribution in [3.63, 3.8) is 0 Å². The van der Waals surface area contributed by atoms with Crippen molar-refractivity contribution in [1.82, 2.24) is 4.98 Å². The number of alkyl halides is 3. The molecule has 0 saturated carbocycles. The quantitative estimate of drug-likeness (QED) is 0.787. The molecule has 0 bridgehead atoms. The Hall–Kier alpha value is -0.710. The van der Waals surface area contributed by atoms with Gasteiger partial charge in [0.25, 0.3) is 6.43 Å². The summed E-state index contributed by atoms with van der Waals surface area (Å²) in [6.45, 7) is 0. The van der Waals surface area contributed by atoms with Crippen LogP contribution >= 0.6 is 15.9 Å². The van der Waals surface area contributed by atoms with Gasteiger partial charge in [0.15, 0.2) is 5.43 Å². The third-order valence-electron chi connectivity index (χ3n) is 1.43. The van der Waals surface area contributed by atoms with Crippen LogP contribution in [0.25, 0.3) is 0 Å². The van der Waals surface area contributed by atoms with Gasteiger partial charge in [0.05, 0.1) is 5.56 Å². The first-order chi connectivity index (χ1) is 5.66. The first kappa shape index (κ1) is 9.38. The molecule has 0 atom stereocenters. The smallest absolute Gasteiger partial charge is 0.269 e. The van der Waals surface area contributed by atoms with Gasteiger partial charge < -0.3 is 4.98 Å². The van der Waals surface area contributed by atoms with Crippen LogP contribution in [0.3, 0.4) is 0 Å². The monoisotopic (exact) mass is 237 g/mol. The SMILES string of the molecule is O=c1c(CBr)c[nH]cc1C(F)F. The summed E-state index contributed by atoms with van der Waals surface area (Å²) < 4.78 is 24.2. The third kappa shape index (κ3) is 1.72. The Kier molecular flexibility index (Phi) is 2.97. The Bertz CT molecular complexity index is 323. The Morgan fingerprint density at radius 2 is 2.17 bits per heavy atom. The molecule has 12 heavy (non-hydrogen) atoms. The van der Waals surface area contributed by atoms with Gasteiger partial charge in [0.1, 0.15) is 0 Å². The third-order valence-corrected chi connectivity index (χ3v) is 2.03. The van der Waals surface area contributed by atoms with Gasteiger partial charge in [-0.25, -0.2) is 8.78 Å². The van der Waals surface area contributed by atoms with Crippen LogP contribution < -0.4 is 5.43 Å². The minimum Gasteiger partial charge on any atom is -0.367 e. The van der Waals surface area contributed by atoms with E-state index >= 15 is 0 Å². The average molecular weight is 238 g/mol. The summed E-state index contributed by atoms with van der Waals surface area (Å²) in [5, 5.41) is 0.281. The van der Waals surface area contributed by atoms with Crippen molar-refractivity contribution in [2.45, 2.75) is 11.8 Å². The standard InChI is InChI=1S/C7H6BrF2NO/c8-1-4-2-11-3-5(6(4)12)7(9)10/h2-3,7H,1H2,(H,11,12). The Balaban J connectivity index is 3.24. The number of halogens is 3. The second-order valence-corrected chi connectivity index (χ2v) is 2.76. The molecule has 0 aliphatic carbocycles. The van der Waals surface area contributed by atoms with E-state index in [0.717, 1.165) is 6.20 Å². The van der Waals surface area contributed by atoms with Gasteiger partial charge >= 0.3 is 0 Å². The molecule has 1 rings (SSSR count). The predicted octanol–water partition coefficient (Wildman–Crippen LogP) is 2.21. The fourth-order valence-corrected chi connectivity index (χ4v) is 1.23. The molecule has 5 heteroatoms. The van der Waals surface area contributed by atoms with E-state index in [1.165, 1.54) is 6.20 Å². The van der Waals surface area contributed by atoms with Crippen LogP contribution in [-0.4, -0.2) is 4.98 Å². The summed E-state index contributed by atoms with van der Waals surface area (Å²) in [5.41, 5.74) is -0.764. The number of nitrogens with one attached hydrogen (secondary N) is 1. The number of H-pyrrole nitrogens is 1. The van der Waals surface area contributed by atoms with E-state index < -0.39 is 17.4 Å². The Labute approximate surface area is 75.7 Å². The zero-order chi connectivity index (χ0) is 9.14. The second-order valence-electron chi connectivity index (χ2n) is 2.20. The topological polar surface area (TPSA) is 32.9 Å². The summed E-state index contributed by atoms with van der Waals surface area (Å²) >= 11 is 3.03. The normalized spacial score (nSPS) is 10.7. The molecule has 0 saturated heterocycles. The van der Waals surface area contributed by atoms with Gasteiger partial charge in [-0.15, -0.1) is 0 Å². The molecular formula is C7H6BrF2NO. The molecule has 0 aromatic carbocycles. The lowest BCUT2D eigenvalue weighted by atomic mass is 10.2. The highest BCUT2D eigenvalue weighted by atomic mass is 79.9. The average Bonchev–Trinajstić information content (AvgIpc) is 2.04. The lowest BCUT2D eigenvalue weighted by molar-refractivity contribution is 0.149. The van der Waals surface area contributed by atoms with Crippen molar-refractivity contribution in [2.24, 2.45) is 0 Å². The van der Waals surface area contributed by atoms with Crippen molar-refractivity contribution >= 4 is 15.9 Å². The first-order valence-electron chi connectivity index (χ1n) is 3.20. The van der Waals surface area contributed by atoms with Crippen LogP contribution in [0.1, 0.15) is 17.6 Å². The predicted molar refractivity (Wildman–Crippen MR) is 44.7 cm³/mol. The molecule has 1 aromatic heterocycles. The van der Waals surface area contributed by atoms with Gasteiger partial charge in [0, 0.05) is 23.3 Å². The molecule has 1 N–H and O–H groups in total. The second kappa shape index (κ2) is 3.80. The molecule has 2 nitrogen and oxygen atoms in total. The molecule has 1 aromatic rings. The van der Waals surface area contributed by atoms with Crippen molar-refractivity contribution in [1.29, 1.82) is 0 Å². The number of aromatic amines is 1. The zero-order valence-corrected chi connectivity index (χ0v) is 7.57. The maximum atomic E-state index is 12.1. The van der Waals surface area contributed by atoms with E-state index in [0.29, 0.717) is 5.56 Å². The minimum atomic E-state index is -2.72. The van der Waals surface area contributed by atoms with Gasteiger partial charge in [-0.05, 0) is 0 Å². The maximum Gasteiger partial charge on any atom is 0.269 e. The molecule has 0 aliphatic heterocycles. The van der Waals surface area contributed by atoms with E-state index in [1.54, 1.807) is 0 Å². The van der Waals surface area contributed by atoms with Gasteiger partial charge in [-0.3, -0.25) is 4.79 Å². The lowest BCUT2D eigenvalue weighted by Crippen LogP contribution is -2.13. The molecule has 0 amide bonds. The van der Waals surface area contributed by atoms with E-state index in [4.69, 9.17) is 0 Å². The van der Waals surface area contributed by atoms with Crippen LogP contribution in [0.5, 0.6) is 0 Å². The van der Waals surface area contributed by atoms with E-state index in [-0.39, 0.29) is 5.33 Å². The summed E-state index contributed by atoms with van der Waals surface area (Å²) in [7, 11) is 0. The zero-order valence-electron chi connectivity index (χ0n) is 5.98. The highest BCUT2D eigenvalue weighted by molar-refractivity contribution is 9.08. The molecule has 0 radical (unpaired) electrons. The molecule has 0 spiro atoms. The lowest BCUT2D eigenvalue weighted by Gasteiger charge is -1.99. The largest absolute Gasteiger partial charge is 0.367 e. The van der Waals surface area contributed by atoms with Crippen molar-refractivity contribution in [2.75, 3.05) is 0 Å². The van der Waals surface area contributed by atoms with E-state index in [2.05, 4.69) is 20.9 Å². The highest BCUT2D eigenvalue weighted by Crippen LogP contribution is 2.14. The van der Waals surface area contributed by atoms with Gasteiger partial charge in [0.2, 0.25) is 0 Å². The van der Waals surface area contributed by atoms with E-state index in [1.807, 2.05) is 0 Å². The van der Waals surface area contributed by atoms with Crippen LogP contribution in [0, 0.1) is 0 Å². The van der Waals surface area contributed by atoms with Crippen LogP contribution in [0.2, 0.25) is 0 Å². The number of aromatic nitrogens is 1. The van der Waals surface area contributed by atoms with Crippen molar-refractivity contribution in [3.05, 3.63) is 33.7 Å². The van der Waals surface area contributed by atoms with Gasteiger partial charge in [-0.1, -0.05) is 15.9 Å². The van der Waals surface area contributed by atoms with Gasteiger partial charge in [-0.2, -0.15) is 0 Å². The van der Waals surface area contributed by atoms with Crippen LogP contribution in [0.4, 0.5) is 8.78 Å². The summed E-state index contributed by atoms with van der Waals surface area (Å²) in [6, 6.07) is 0. The number of hydrogen-bond acceptors (Lipinski definition) is 1. The first-order valence-corrected chi connectivity index (χ1v) is 4.33. The summed E-state index contributed by atoms with van der Waals surface area (Å²) in [6.07, 6.45) is -0.282. The molecule has 0 aliphatic rings. The molecular weight excluding hydrogens is 232 g/mol. The molecule has 0 fully saturated rings. The Morgan fingerprint density at radius 1 is 1.50 bits per heavy atom. The minimum absolute atomic E-state index is 0.281. The van der Waals surface area contributed by atoms with Crippen LogP contribution in [-0.2, 0) is 5.33 Å². The number of rotatable bonds is 2. The summed E-state index contributed by atoms with van der Waals surface area (Å²) in [4.78, 5) is 13.6. The fraction of sp³-hybridized carbons (Fsp3) is 0.286. The van der Waals surface area contributed by atoms with Crippen molar-refractivity contribution in [3.8, 4) is 0 Å². The fourth-order valence-electron chi connectivity index (χ4n) is 0.810. The number of hydrogen-bond donors (Lipinski definition) is 1. The van der Waals surface area contributed by atoms with E-state index in [9.17, 15) is 13.6 Å². The maximum absolute atomic E-state index is 12.1. The van der Waals surface area contributed by atoms with Crippen LogP contribution in [0.15, 0.2) is 17.2 Å². The Morgan fingerprint density at radius 3 is 2.67 bits per heavy atom. The molecule has 0 unspecified atom stereocenters. The highest BCUT2D eigenvalue weighted by Gasteiger charge is 2.13. The molecule has 1 heterocycles.